The number of carboxylic acids is 1. The van der Waals surface area contributed by atoms with Gasteiger partial charge in [-0.1, -0.05) is 36.4 Å². The number of carbonyl (C=O) groups excluding carboxylic acids is 3. The quantitative estimate of drug-likeness (QED) is 0.365. The zero-order chi connectivity index (χ0) is 26.3. The van der Waals surface area contributed by atoms with Crippen molar-refractivity contribution in [1.82, 2.24) is 14.9 Å². The van der Waals surface area contributed by atoms with Gasteiger partial charge in [0, 0.05) is 10.3 Å². The molecule has 11 nitrogen and oxygen atoms in total. The summed E-state index contributed by atoms with van der Waals surface area (Å²) in [6.07, 6.45) is -0.252. The van der Waals surface area contributed by atoms with Gasteiger partial charge in [-0.05, 0) is 37.6 Å². The van der Waals surface area contributed by atoms with Gasteiger partial charge in [-0.2, -0.15) is 8.42 Å². The SMILES string of the molecule is CC1(C)S[C@@H]2C(NC(=O)Cc3ccccc3NS(=O)(=O)NC(=O)c3ccccc3)C(=O)N2[C@H]1C(=O)O. The number of aliphatic carboxylic acids is 1. The molecule has 1 unspecified atom stereocenters. The van der Waals surface area contributed by atoms with Gasteiger partial charge in [-0.25, -0.2) is 9.52 Å². The summed E-state index contributed by atoms with van der Waals surface area (Å²) >= 11 is 1.31. The van der Waals surface area contributed by atoms with Gasteiger partial charge >= 0.3 is 16.2 Å². The van der Waals surface area contributed by atoms with E-state index >= 15 is 0 Å². The van der Waals surface area contributed by atoms with E-state index in [1.807, 2.05) is 4.72 Å². The highest BCUT2D eigenvalue weighted by Crippen LogP contribution is 2.50. The van der Waals surface area contributed by atoms with E-state index < -0.39 is 56.1 Å². The summed E-state index contributed by atoms with van der Waals surface area (Å²) in [6.45, 7) is 3.47. The van der Waals surface area contributed by atoms with Gasteiger partial charge < -0.3 is 15.3 Å². The average molecular weight is 533 g/mol. The van der Waals surface area contributed by atoms with Crippen LogP contribution in [-0.2, 0) is 31.0 Å². The molecule has 0 saturated carbocycles. The van der Waals surface area contributed by atoms with Crippen LogP contribution in [0.2, 0.25) is 0 Å². The summed E-state index contributed by atoms with van der Waals surface area (Å²) in [6, 6.07) is 12.1. The van der Waals surface area contributed by atoms with Crippen molar-refractivity contribution >= 4 is 51.3 Å². The van der Waals surface area contributed by atoms with Gasteiger partial charge in [0.2, 0.25) is 11.8 Å². The molecular formula is C23H24N4O7S2. The van der Waals surface area contributed by atoms with Gasteiger partial charge in [0.15, 0.2) is 0 Å². The Morgan fingerprint density at radius 2 is 1.69 bits per heavy atom. The van der Waals surface area contributed by atoms with E-state index in [1.54, 1.807) is 50.2 Å². The average Bonchev–Trinajstić information content (AvgIpc) is 3.07. The number of amides is 3. The number of carbonyl (C=O) groups is 4. The third-order valence-corrected chi connectivity index (χ3v) is 8.38. The summed E-state index contributed by atoms with van der Waals surface area (Å²) < 4.78 is 28.5. The molecule has 0 aliphatic carbocycles. The topological polar surface area (TPSA) is 162 Å². The van der Waals surface area contributed by atoms with Gasteiger partial charge in [0.25, 0.3) is 5.91 Å². The fraction of sp³-hybridized carbons (Fsp3) is 0.304. The summed E-state index contributed by atoms with van der Waals surface area (Å²) in [5.41, 5.74) is 0.566. The lowest BCUT2D eigenvalue weighted by atomic mass is 9.96. The maximum absolute atomic E-state index is 12.8. The molecule has 0 radical (unpaired) electrons. The Morgan fingerprint density at radius 3 is 2.36 bits per heavy atom. The molecule has 0 bridgehead atoms. The standard InChI is InChI=1S/C23H24N4O7S2/c1-23(2)18(22(31)32)27-20(30)17(21(27)35-23)24-16(28)12-14-10-6-7-11-15(14)25-36(33,34)26-19(29)13-8-4-3-5-9-13/h3-11,17-18,21,25H,12H2,1-2H3,(H,24,28)(H,26,29)(H,31,32)/t17?,18-,21+/m0/s1. The smallest absolute Gasteiger partial charge is 0.327 e. The molecule has 4 N–H and O–H groups in total. The molecule has 36 heavy (non-hydrogen) atoms. The van der Waals surface area contributed by atoms with E-state index in [0.29, 0.717) is 5.56 Å². The lowest BCUT2D eigenvalue weighted by molar-refractivity contribution is -0.161. The number of β-lactam (4-membered cyclic amide) rings is 1. The highest BCUT2D eigenvalue weighted by molar-refractivity contribution is 8.01. The molecule has 2 heterocycles. The van der Waals surface area contributed by atoms with Crippen LogP contribution in [-0.4, -0.2) is 64.3 Å². The lowest BCUT2D eigenvalue weighted by Crippen LogP contribution is -2.70. The number of nitrogens with one attached hydrogen (secondary N) is 3. The van der Waals surface area contributed by atoms with Crippen LogP contribution in [0.3, 0.4) is 0 Å². The second-order valence-electron chi connectivity index (χ2n) is 8.88. The van der Waals surface area contributed by atoms with Crippen LogP contribution in [0.15, 0.2) is 54.6 Å². The van der Waals surface area contributed by atoms with E-state index in [2.05, 4.69) is 10.0 Å². The number of nitrogens with zero attached hydrogens (tertiary/aromatic N) is 1. The number of hydrogen-bond acceptors (Lipinski definition) is 7. The molecule has 3 atom stereocenters. The second kappa shape index (κ2) is 9.47. The Bertz CT molecular complexity index is 1330. The van der Waals surface area contributed by atoms with E-state index in [0.717, 1.165) is 0 Å². The number of para-hydroxylation sites is 1. The molecule has 0 spiro atoms. The first kappa shape index (κ1) is 25.5. The Balaban J connectivity index is 1.41. The summed E-state index contributed by atoms with van der Waals surface area (Å²) in [4.78, 5) is 50.5. The van der Waals surface area contributed by atoms with Crippen molar-refractivity contribution in [2.75, 3.05) is 4.72 Å². The van der Waals surface area contributed by atoms with Crippen molar-refractivity contribution in [3.63, 3.8) is 0 Å². The Kier molecular flexibility index (Phi) is 6.71. The fourth-order valence-corrected chi connectivity index (χ4v) is 6.78. The third kappa shape index (κ3) is 5.02. The molecule has 2 aliphatic rings. The molecule has 0 aromatic heterocycles. The second-order valence-corrected chi connectivity index (χ2v) is 12.1. The molecule has 4 rings (SSSR count). The Hall–Kier alpha value is -3.58. The highest BCUT2D eigenvalue weighted by atomic mass is 32.2. The number of benzene rings is 2. The first-order valence-corrected chi connectivity index (χ1v) is 13.3. The van der Waals surface area contributed by atoms with E-state index in [-0.39, 0.29) is 17.7 Å². The molecule has 2 aromatic rings. The summed E-state index contributed by atoms with van der Waals surface area (Å²) in [5, 5.41) is 11.7. The van der Waals surface area contributed by atoms with Crippen LogP contribution in [0, 0.1) is 0 Å². The van der Waals surface area contributed by atoms with Gasteiger partial charge in [-0.3, -0.25) is 19.1 Å². The number of fused-ring (bicyclic) bond motifs is 1. The van der Waals surface area contributed by atoms with Crippen molar-refractivity contribution in [2.45, 2.75) is 42.5 Å². The van der Waals surface area contributed by atoms with Gasteiger partial charge in [0.05, 0.1) is 12.1 Å². The van der Waals surface area contributed by atoms with Gasteiger partial charge in [-0.15, -0.1) is 11.8 Å². The zero-order valence-electron chi connectivity index (χ0n) is 19.3. The number of anilines is 1. The van der Waals surface area contributed by atoms with Crippen LogP contribution in [0.4, 0.5) is 5.69 Å². The minimum atomic E-state index is -4.31. The largest absolute Gasteiger partial charge is 0.480 e. The number of thioether (sulfide) groups is 1. The van der Waals surface area contributed by atoms with Crippen molar-refractivity contribution in [1.29, 1.82) is 0 Å². The summed E-state index contributed by atoms with van der Waals surface area (Å²) in [7, 11) is -4.31. The van der Waals surface area contributed by atoms with Crippen molar-refractivity contribution in [2.24, 2.45) is 0 Å². The summed E-state index contributed by atoms with van der Waals surface area (Å²) in [5.74, 6) is -2.93. The van der Waals surface area contributed by atoms with E-state index in [1.165, 1.54) is 34.9 Å². The third-order valence-electron chi connectivity index (χ3n) is 5.87. The fourth-order valence-electron chi connectivity index (χ4n) is 4.26. The van der Waals surface area contributed by atoms with Crippen LogP contribution >= 0.6 is 11.8 Å². The highest BCUT2D eigenvalue weighted by Gasteiger charge is 2.64. The van der Waals surface area contributed by atoms with E-state index in [4.69, 9.17) is 0 Å². The minimum absolute atomic E-state index is 0.0879. The van der Waals surface area contributed by atoms with Gasteiger partial charge in [0.1, 0.15) is 17.5 Å². The molecule has 2 aliphatic heterocycles. The predicted octanol–water partition coefficient (Wildman–Crippen LogP) is 0.947. The van der Waals surface area contributed by atoms with Crippen LogP contribution in [0.5, 0.6) is 0 Å². The molecule has 2 saturated heterocycles. The number of carboxylic acid groups (broad SMARTS) is 1. The first-order chi connectivity index (χ1) is 16.9. The predicted molar refractivity (Wildman–Crippen MR) is 132 cm³/mol. The maximum Gasteiger partial charge on any atom is 0.327 e. The van der Waals surface area contributed by atoms with E-state index in [9.17, 15) is 32.7 Å². The molecule has 13 heteroatoms. The molecule has 2 fully saturated rings. The van der Waals surface area contributed by atoms with Crippen LogP contribution in [0.25, 0.3) is 0 Å². The number of rotatable bonds is 8. The zero-order valence-corrected chi connectivity index (χ0v) is 20.9. The van der Waals surface area contributed by atoms with Crippen molar-refractivity contribution in [3.8, 4) is 0 Å². The molecule has 190 valence electrons. The molecule has 2 aromatic carbocycles. The Labute approximate surface area is 211 Å². The van der Waals surface area contributed by atoms with Crippen molar-refractivity contribution < 1.29 is 32.7 Å². The van der Waals surface area contributed by atoms with Crippen LogP contribution < -0.4 is 14.8 Å². The number of hydrogen-bond donors (Lipinski definition) is 4. The minimum Gasteiger partial charge on any atom is -0.480 e. The molecular weight excluding hydrogens is 508 g/mol. The maximum atomic E-state index is 12.8. The lowest BCUT2D eigenvalue weighted by Gasteiger charge is -2.43. The van der Waals surface area contributed by atoms with Crippen LogP contribution in [0.1, 0.15) is 29.8 Å². The van der Waals surface area contributed by atoms with Crippen molar-refractivity contribution in [3.05, 3.63) is 65.7 Å². The first-order valence-electron chi connectivity index (χ1n) is 10.9. The normalized spacial score (nSPS) is 22.2. The monoisotopic (exact) mass is 532 g/mol. The Morgan fingerprint density at radius 1 is 1.06 bits per heavy atom. The molecule has 3 amide bonds.